The van der Waals surface area contributed by atoms with Gasteiger partial charge in [0.1, 0.15) is 0 Å². The summed E-state index contributed by atoms with van der Waals surface area (Å²) in [6.07, 6.45) is 1.05. The number of benzene rings is 4. The van der Waals surface area contributed by atoms with Crippen LogP contribution in [0.4, 0.5) is 0 Å². The predicted molar refractivity (Wildman–Crippen MR) is 155 cm³/mol. The van der Waals surface area contributed by atoms with Crippen LogP contribution < -0.4 is 0 Å². The summed E-state index contributed by atoms with van der Waals surface area (Å²) in [7, 11) is -0.522. The SMILES string of the molecule is C[SiH](C)[CH-]c1ccccc1.[CH2-]c1ccccc1.[Ti+4].[c-]1cccc2c1Cc1ccccc1-2.c1cc[cH-]c1. The van der Waals surface area contributed by atoms with Gasteiger partial charge in [-0.15, -0.1) is 29.8 Å². The molecule has 5 aromatic carbocycles. The van der Waals surface area contributed by atoms with Crippen LogP contribution in [0.15, 0.2) is 133 Å². The van der Waals surface area contributed by atoms with Crippen molar-refractivity contribution in [3.63, 3.8) is 0 Å². The Morgan fingerprint density at radius 3 is 1.86 bits per heavy atom. The maximum Gasteiger partial charge on any atom is 4.00 e. The van der Waals surface area contributed by atoms with Crippen LogP contribution in [-0.4, -0.2) is 8.80 Å². The average molecular weight is 519 g/mol. The van der Waals surface area contributed by atoms with Gasteiger partial charge in [-0.2, -0.15) is 96.4 Å². The van der Waals surface area contributed by atoms with Crippen LogP contribution in [-0.2, 0) is 28.1 Å². The Balaban J connectivity index is 0.000000178. The molecule has 1 aliphatic carbocycles. The first kappa shape index (κ1) is 29.1. The molecule has 1 aliphatic rings. The summed E-state index contributed by atoms with van der Waals surface area (Å²) >= 11 is 0. The maximum atomic E-state index is 3.72. The third kappa shape index (κ3) is 10.3. The molecule has 6 rings (SSSR count). The zero-order valence-electron chi connectivity index (χ0n) is 21.3. The fourth-order valence-electron chi connectivity index (χ4n) is 3.75. The second kappa shape index (κ2) is 16.6. The van der Waals surface area contributed by atoms with Crippen LogP contribution in [0.2, 0.25) is 13.1 Å². The molecule has 178 valence electrons. The van der Waals surface area contributed by atoms with E-state index in [1.165, 1.54) is 27.8 Å². The molecule has 0 nitrogen and oxygen atoms in total. The van der Waals surface area contributed by atoms with E-state index in [2.05, 4.69) is 98.9 Å². The van der Waals surface area contributed by atoms with Gasteiger partial charge in [0.25, 0.3) is 0 Å². The largest absolute Gasteiger partial charge is 4.00 e. The standard InChI is InChI=1S/C13H9.C9H13Si.C7H7.C5H5.Ti/c1-3-7-12-10(5-1)9-11-6-2-4-8-13(11)12;1-10(2)8-9-6-4-3-5-7-9;1-7-5-3-2-4-6-7;1-2-4-5-3-1;/h1-5,7-8H,9H2;3-8,10H,1-2H3;2-6H,1H2;1-5H;/q4*-1;+4. The van der Waals surface area contributed by atoms with Gasteiger partial charge in [0.15, 0.2) is 0 Å². The Morgan fingerprint density at radius 1 is 0.722 bits per heavy atom. The zero-order chi connectivity index (χ0) is 24.7. The van der Waals surface area contributed by atoms with E-state index in [1.807, 2.05) is 66.7 Å². The van der Waals surface area contributed by atoms with E-state index in [-0.39, 0.29) is 21.7 Å². The molecule has 0 fully saturated rings. The molecule has 0 saturated carbocycles. The van der Waals surface area contributed by atoms with E-state index in [0.29, 0.717) is 0 Å². The smallest absolute Gasteiger partial charge is 0.214 e. The quantitative estimate of drug-likeness (QED) is 0.159. The van der Waals surface area contributed by atoms with Gasteiger partial charge >= 0.3 is 21.7 Å². The Bertz CT molecular complexity index is 1150. The molecule has 0 bridgehead atoms. The topological polar surface area (TPSA) is 0 Å². The summed E-state index contributed by atoms with van der Waals surface area (Å²) in [6, 6.07) is 50.9. The van der Waals surface area contributed by atoms with Gasteiger partial charge in [-0.1, -0.05) is 60.6 Å². The van der Waals surface area contributed by atoms with Crippen molar-refractivity contribution in [2.75, 3.05) is 0 Å². The van der Waals surface area contributed by atoms with Crippen molar-refractivity contribution in [3.8, 4) is 11.1 Å². The van der Waals surface area contributed by atoms with Crippen molar-refractivity contribution in [2.45, 2.75) is 19.5 Å². The van der Waals surface area contributed by atoms with Crippen LogP contribution >= 0.6 is 0 Å². The molecule has 0 amide bonds. The zero-order valence-corrected chi connectivity index (χ0v) is 24.0. The van der Waals surface area contributed by atoms with E-state index < -0.39 is 8.80 Å². The Morgan fingerprint density at radius 2 is 1.31 bits per heavy atom. The first-order valence-corrected chi connectivity index (χ1v) is 15.1. The molecule has 0 N–H and O–H groups in total. The fourth-order valence-corrected chi connectivity index (χ4v) is 4.74. The summed E-state index contributed by atoms with van der Waals surface area (Å²) in [6.45, 7) is 8.37. The second-order valence-electron chi connectivity index (χ2n) is 8.67. The summed E-state index contributed by atoms with van der Waals surface area (Å²) in [5, 5.41) is 0. The average Bonchev–Trinajstić information content (AvgIpc) is 3.58. The number of fused-ring (bicyclic) bond motifs is 3. The number of hydrogen-bond acceptors (Lipinski definition) is 0. The van der Waals surface area contributed by atoms with Crippen molar-refractivity contribution in [2.24, 2.45) is 0 Å². The molecular formula is C34H34SiTi. The van der Waals surface area contributed by atoms with E-state index in [1.54, 1.807) is 0 Å². The minimum Gasteiger partial charge on any atom is -0.214 e. The Hall–Kier alpha value is -3.10. The summed E-state index contributed by atoms with van der Waals surface area (Å²) in [5.74, 6) is 0. The van der Waals surface area contributed by atoms with Crippen LogP contribution in [0.3, 0.4) is 0 Å². The summed E-state index contributed by atoms with van der Waals surface area (Å²) in [5.41, 5.74) is 7.96. The van der Waals surface area contributed by atoms with Crippen molar-refractivity contribution < 1.29 is 21.7 Å². The first-order valence-electron chi connectivity index (χ1n) is 12.1. The second-order valence-corrected chi connectivity index (χ2v) is 11.5. The predicted octanol–water partition coefficient (Wildman–Crippen LogP) is 8.59. The fraction of sp³-hybridized carbons (Fsp3) is 0.0882. The minimum atomic E-state index is -0.522. The van der Waals surface area contributed by atoms with Crippen molar-refractivity contribution in [1.29, 1.82) is 0 Å². The van der Waals surface area contributed by atoms with Gasteiger partial charge in [0.05, 0.1) is 0 Å². The van der Waals surface area contributed by atoms with Crippen LogP contribution in [0.25, 0.3) is 11.1 Å². The Labute approximate surface area is 234 Å². The van der Waals surface area contributed by atoms with Crippen LogP contribution in [0, 0.1) is 19.0 Å². The first-order chi connectivity index (χ1) is 17.1. The molecule has 5 aromatic rings. The third-order valence-corrected chi connectivity index (χ3v) is 6.39. The summed E-state index contributed by atoms with van der Waals surface area (Å²) in [4.78, 5) is 0. The van der Waals surface area contributed by atoms with Gasteiger partial charge < -0.3 is 0 Å². The molecule has 0 aromatic heterocycles. The van der Waals surface area contributed by atoms with Gasteiger partial charge in [0, 0.05) is 0 Å². The minimum absolute atomic E-state index is 0. The molecule has 0 spiro atoms. The third-order valence-electron chi connectivity index (χ3n) is 5.34. The Kier molecular flexibility index (Phi) is 13.4. The molecule has 0 heterocycles. The van der Waals surface area contributed by atoms with Crippen molar-refractivity contribution in [3.05, 3.63) is 175 Å². The number of rotatable bonds is 2. The molecule has 0 aliphatic heterocycles. The maximum absolute atomic E-state index is 3.72. The normalized spacial score (nSPS) is 9.97. The monoisotopic (exact) mass is 518 g/mol. The molecule has 0 unspecified atom stereocenters. The molecule has 0 atom stereocenters. The molecule has 36 heavy (non-hydrogen) atoms. The van der Waals surface area contributed by atoms with Gasteiger partial charge in [-0.3, -0.25) is 0 Å². The van der Waals surface area contributed by atoms with Gasteiger partial charge in [-0.25, -0.2) is 12.1 Å². The van der Waals surface area contributed by atoms with E-state index >= 15 is 0 Å². The van der Waals surface area contributed by atoms with Gasteiger partial charge in [-0.05, 0) is 15.2 Å². The molecule has 0 radical (unpaired) electrons. The van der Waals surface area contributed by atoms with Crippen LogP contribution in [0.1, 0.15) is 22.3 Å². The molecule has 0 saturated heterocycles. The van der Waals surface area contributed by atoms with Crippen molar-refractivity contribution >= 4 is 8.80 Å². The van der Waals surface area contributed by atoms with E-state index in [4.69, 9.17) is 0 Å². The van der Waals surface area contributed by atoms with Gasteiger partial charge in [0.2, 0.25) is 0 Å². The van der Waals surface area contributed by atoms with E-state index in [0.717, 1.165) is 12.0 Å². The van der Waals surface area contributed by atoms with E-state index in [9.17, 15) is 0 Å². The van der Waals surface area contributed by atoms with Crippen LogP contribution in [0.5, 0.6) is 0 Å². The molecular weight excluding hydrogens is 484 g/mol. The van der Waals surface area contributed by atoms with Crippen molar-refractivity contribution in [1.82, 2.24) is 0 Å². The summed E-state index contributed by atoms with van der Waals surface area (Å²) < 4.78 is 0. The number of hydrogen-bond donors (Lipinski definition) is 0. The molecule has 2 heteroatoms.